The van der Waals surface area contributed by atoms with Crippen LogP contribution >= 0.6 is 9.24 Å². The van der Waals surface area contributed by atoms with E-state index in [9.17, 15) is 9.59 Å². The summed E-state index contributed by atoms with van der Waals surface area (Å²) < 4.78 is 0. The van der Waals surface area contributed by atoms with Gasteiger partial charge in [-0.05, 0) is 0 Å². The van der Waals surface area contributed by atoms with E-state index >= 15 is 0 Å². The Kier molecular flexibility index (Phi) is 1.74. The zero-order chi connectivity index (χ0) is 5.15. The van der Waals surface area contributed by atoms with Gasteiger partial charge in [-0.25, -0.2) is 4.79 Å². The number of hydrogen-bond acceptors (Lipinski definition) is 2. The predicted octanol–water partition coefficient (Wildman–Crippen LogP) is -0.527. The smallest absolute Gasteiger partial charge is 0.376 e. The Morgan fingerprint density at radius 2 is 1.67 bits per heavy atom. The summed E-state index contributed by atoms with van der Waals surface area (Å²) in [6.07, 6.45) is 0. The molecule has 0 bridgehead atoms. The van der Waals surface area contributed by atoms with E-state index in [0.717, 1.165) is 0 Å². The van der Waals surface area contributed by atoms with Crippen LogP contribution in [0.3, 0.4) is 0 Å². The summed E-state index contributed by atoms with van der Waals surface area (Å²) in [5, 5.41) is 7.62. The zero-order valence-corrected chi connectivity index (χ0v) is 4.00. The van der Waals surface area contributed by atoms with E-state index < -0.39 is 11.5 Å². The molecule has 6 heavy (non-hydrogen) atoms. The Bertz CT molecular complexity index is 74.8. The molecule has 0 saturated heterocycles. The van der Waals surface area contributed by atoms with Gasteiger partial charge in [0.05, 0.1) is 0 Å². The second-order valence-corrected chi connectivity index (χ2v) is 1.19. The van der Waals surface area contributed by atoms with Crippen molar-refractivity contribution < 1.29 is 14.7 Å². The molecule has 0 saturated carbocycles. The van der Waals surface area contributed by atoms with Crippen molar-refractivity contribution in [2.75, 3.05) is 0 Å². The molecule has 0 aromatic carbocycles. The summed E-state index contributed by atoms with van der Waals surface area (Å²) in [6.45, 7) is 0. The largest absolute Gasteiger partial charge is 0.475 e. The summed E-state index contributed by atoms with van der Waals surface area (Å²) in [7, 11) is 1.53. The first-order valence-electron chi connectivity index (χ1n) is 1.17. The monoisotopic (exact) mass is 106 g/mol. The zero-order valence-electron chi connectivity index (χ0n) is 2.84. The SMILES string of the molecule is O=C(O)C(=O)P. The minimum atomic E-state index is -1.42. The molecule has 3 nitrogen and oxygen atoms in total. The lowest BCUT2D eigenvalue weighted by Crippen LogP contribution is -2.02. The lowest BCUT2D eigenvalue weighted by molar-refractivity contribution is -0.145. The Morgan fingerprint density at radius 1 is 1.50 bits per heavy atom. The summed E-state index contributed by atoms with van der Waals surface area (Å²) >= 11 is 0. The van der Waals surface area contributed by atoms with Gasteiger partial charge in [0.15, 0.2) is 0 Å². The van der Waals surface area contributed by atoms with Gasteiger partial charge in [-0.15, -0.1) is 0 Å². The third kappa shape index (κ3) is 1.85. The fourth-order valence-electron chi connectivity index (χ4n) is 0. The minimum Gasteiger partial charge on any atom is -0.475 e. The van der Waals surface area contributed by atoms with Crippen molar-refractivity contribution in [3.63, 3.8) is 0 Å². The Hall–Kier alpha value is -0.430. The second kappa shape index (κ2) is 1.88. The highest BCUT2D eigenvalue weighted by molar-refractivity contribution is 7.44. The molecule has 0 aliphatic carbocycles. The number of carbonyl (C=O) groups is 2. The molecule has 0 radical (unpaired) electrons. The van der Waals surface area contributed by atoms with Gasteiger partial charge in [0.25, 0.3) is 5.52 Å². The molecular formula is C2H3O3P. The van der Waals surface area contributed by atoms with Gasteiger partial charge < -0.3 is 5.11 Å². The molecule has 0 aliphatic rings. The number of rotatable bonds is 1. The molecule has 0 rings (SSSR count). The summed E-state index contributed by atoms with van der Waals surface area (Å²) in [5.74, 6) is -1.42. The molecule has 0 amide bonds. The fraction of sp³-hybridized carbons (Fsp3) is 0. The Morgan fingerprint density at radius 3 is 1.67 bits per heavy atom. The third-order valence-electron chi connectivity index (χ3n) is 0.211. The highest BCUT2D eigenvalue weighted by atomic mass is 31.0. The first-order chi connectivity index (χ1) is 2.64. The van der Waals surface area contributed by atoms with E-state index in [0.29, 0.717) is 0 Å². The van der Waals surface area contributed by atoms with Crippen LogP contribution in [0.25, 0.3) is 0 Å². The highest BCUT2D eigenvalue weighted by Crippen LogP contribution is 1.80. The Balaban J connectivity index is 3.57. The van der Waals surface area contributed by atoms with Crippen LogP contribution in [0.1, 0.15) is 0 Å². The molecule has 34 valence electrons. The molecule has 4 heteroatoms. The number of aliphatic carboxylic acids is 1. The first kappa shape index (κ1) is 5.57. The van der Waals surface area contributed by atoms with Gasteiger partial charge in [-0.1, -0.05) is 9.24 Å². The van der Waals surface area contributed by atoms with E-state index in [1.807, 2.05) is 0 Å². The van der Waals surface area contributed by atoms with Crippen molar-refractivity contribution in [2.24, 2.45) is 0 Å². The van der Waals surface area contributed by atoms with Gasteiger partial charge in [-0.3, -0.25) is 4.79 Å². The topological polar surface area (TPSA) is 54.4 Å². The van der Waals surface area contributed by atoms with Crippen molar-refractivity contribution in [2.45, 2.75) is 0 Å². The van der Waals surface area contributed by atoms with Crippen LogP contribution in [0.5, 0.6) is 0 Å². The fourth-order valence-corrected chi connectivity index (χ4v) is 0. The van der Waals surface area contributed by atoms with Gasteiger partial charge in [0, 0.05) is 0 Å². The molecule has 0 aromatic rings. The average molecular weight is 106 g/mol. The van der Waals surface area contributed by atoms with E-state index in [1.165, 1.54) is 9.24 Å². The minimum absolute atomic E-state index is 0.907. The second-order valence-electron chi connectivity index (χ2n) is 0.669. The maximum absolute atomic E-state index is 9.51. The standard InChI is InChI=1S/C2H3O3P/c3-1(4)2(5)6/h6H2,(H,3,4). The summed E-state index contributed by atoms with van der Waals surface area (Å²) in [5.41, 5.74) is -0.907. The van der Waals surface area contributed by atoms with E-state index in [2.05, 4.69) is 0 Å². The van der Waals surface area contributed by atoms with Crippen molar-refractivity contribution in [3.05, 3.63) is 0 Å². The third-order valence-corrected chi connectivity index (χ3v) is 0.458. The molecule has 0 spiro atoms. The molecule has 0 aromatic heterocycles. The molecular weight excluding hydrogens is 103 g/mol. The van der Waals surface area contributed by atoms with Crippen LogP contribution in [0, 0.1) is 0 Å². The molecule has 0 fully saturated rings. The van der Waals surface area contributed by atoms with Crippen LogP contribution in [-0.4, -0.2) is 16.6 Å². The molecule has 0 aliphatic heterocycles. The van der Waals surface area contributed by atoms with Crippen LogP contribution in [0.2, 0.25) is 0 Å². The van der Waals surface area contributed by atoms with Crippen LogP contribution in [-0.2, 0) is 9.59 Å². The van der Waals surface area contributed by atoms with E-state index in [-0.39, 0.29) is 0 Å². The van der Waals surface area contributed by atoms with Gasteiger partial charge >= 0.3 is 5.97 Å². The van der Waals surface area contributed by atoms with Crippen LogP contribution in [0.15, 0.2) is 0 Å². The van der Waals surface area contributed by atoms with Crippen LogP contribution < -0.4 is 0 Å². The number of carboxylic acids is 1. The van der Waals surface area contributed by atoms with Gasteiger partial charge in [0.1, 0.15) is 0 Å². The quantitative estimate of drug-likeness (QED) is 0.361. The molecule has 1 atom stereocenters. The highest BCUT2D eigenvalue weighted by Gasteiger charge is 1.99. The predicted molar refractivity (Wildman–Crippen MR) is 22.4 cm³/mol. The summed E-state index contributed by atoms with van der Waals surface area (Å²) in [6, 6.07) is 0. The van der Waals surface area contributed by atoms with E-state index in [1.54, 1.807) is 0 Å². The lowest BCUT2D eigenvalue weighted by atomic mass is 10.8. The average Bonchev–Trinajstić information content (AvgIpc) is 1.36. The molecule has 0 heterocycles. The first-order valence-corrected chi connectivity index (χ1v) is 1.75. The van der Waals surface area contributed by atoms with E-state index in [4.69, 9.17) is 5.11 Å². The van der Waals surface area contributed by atoms with Gasteiger partial charge in [0.2, 0.25) is 0 Å². The van der Waals surface area contributed by atoms with Crippen molar-refractivity contribution in [3.8, 4) is 0 Å². The van der Waals surface area contributed by atoms with Crippen molar-refractivity contribution in [1.82, 2.24) is 0 Å². The molecule has 1 unspecified atom stereocenters. The number of hydrogen-bond donors (Lipinski definition) is 1. The van der Waals surface area contributed by atoms with Crippen molar-refractivity contribution in [1.29, 1.82) is 0 Å². The lowest BCUT2D eigenvalue weighted by Gasteiger charge is -1.73. The number of carboxylic acid groups (broad SMARTS) is 1. The molecule has 1 N–H and O–H groups in total. The summed E-state index contributed by atoms with van der Waals surface area (Å²) in [4.78, 5) is 18.8. The Labute approximate surface area is 36.6 Å². The maximum atomic E-state index is 9.51. The maximum Gasteiger partial charge on any atom is 0.376 e. The number of carbonyl (C=O) groups excluding carboxylic acids is 1. The normalized spacial score (nSPS) is 7.50. The van der Waals surface area contributed by atoms with Crippen LogP contribution in [0.4, 0.5) is 0 Å². The van der Waals surface area contributed by atoms with Gasteiger partial charge in [-0.2, -0.15) is 0 Å². The van der Waals surface area contributed by atoms with Crippen molar-refractivity contribution >= 4 is 20.7 Å².